The van der Waals surface area contributed by atoms with Gasteiger partial charge in [-0.25, -0.2) is 0 Å². The highest BCUT2D eigenvalue weighted by atomic mass is 16.5. The molecule has 0 saturated heterocycles. The summed E-state index contributed by atoms with van der Waals surface area (Å²) >= 11 is 0. The van der Waals surface area contributed by atoms with Gasteiger partial charge >= 0.3 is 5.97 Å². The van der Waals surface area contributed by atoms with Crippen LogP contribution in [0.3, 0.4) is 0 Å². The molecule has 1 rings (SSSR count). The number of carbonyl (C=O) groups excluding carboxylic acids is 1. The highest BCUT2D eigenvalue weighted by molar-refractivity contribution is 5.90. The number of carbonyl (C=O) groups is 1. The molecule has 0 spiro atoms. The van der Waals surface area contributed by atoms with E-state index in [9.17, 15) is 4.79 Å². The van der Waals surface area contributed by atoms with E-state index in [0.29, 0.717) is 13.0 Å². The van der Waals surface area contributed by atoms with Gasteiger partial charge in [-0.15, -0.1) is 0 Å². The fraction of sp³-hybridized carbons (Fsp3) is 0.778. The summed E-state index contributed by atoms with van der Waals surface area (Å²) in [7, 11) is 0. The van der Waals surface area contributed by atoms with E-state index in [0.717, 1.165) is 25.0 Å². The van der Waals surface area contributed by atoms with Gasteiger partial charge in [0.25, 0.3) is 0 Å². The topological polar surface area (TPSA) is 58.9 Å². The minimum atomic E-state index is -0.199. The summed E-state index contributed by atoms with van der Waals surface area (Å²) in [5, 5.41) is 11.8. The molecule has 0 aliphatic heterocycles. The Kier molecular flexibility index (Phi) is 3.73. The van der Waals surface area contributed by atoms with E-state index in [4.69, 9.17) is 9.94 Å². The highest BCUT2D eigenvalue weighted by Crippen LogP contribution is 2.25. The first-order valence-corrected chi connectivity index (χ1v) is 4.64. The largest absolute Gasteiger partial charge is 0.466 e. The van der Waals surface area contributed by atoms with E-state index < -0.39 is 0 Å². The van der Waals surface area contributed by atoms with Gasteiger partial charge in [-0.2, -0.15) is 0 Å². The molecule has 0 bridgehead atoms. The van der Waals surface area contributed by atoms with E-state index in [1.807, 2.05) is 0 Å². The van der Waals surface area contributed by atoms with E-state index >= 15 is 0 Å². The Hall–Kier alpha value is -1.06. The van der Waals surface area contributed by atoms with Gasteiger partial charge in [-0.3, -0.25) is 4.79 Å². The minimum absolute atomic E-state index is 0.101. The van der Waals surface area contributed by atoms with Gasteiger partial charge in [0.1, 0.15) is 0 Å². The second kappa shape index (κ2) is 4.84. The number of rotatable bonds is 3. The molecule has 0 aromatic rings. The van der Waals surface area contributed by atoms with E-state index in [1.54, 1.807) is 6.92 Å². The van der Waals surface area contributed by atoms with E-state index in [1.165, 1.54) is 0 Å². The van der Waals surface area contributed by atoms with Gasteiger partial charge in [0.15, 0.2) is 0 Å². The quantitative estimate of drug-likeness (QED) is 0.412. The normalized spacial score (nSPS) is 25.0. The molecule has 0 heterocycles. The summed E-state index contributed by atoms with van der Waals surface area (Å²) in [6.45, 7) is 2.20. The molecule has 4 nitrogen and oxygen atoms in total. The van der Waals surface area contributed by atoms with Crippen LogP contribution in [0.1, 0.15) is 32.6 Å². The third-order valence-electron chi connectivity index (χ3n) is 2.30. The molecule has 1 aliphatic carbocycles. The average Bonchev–Trinajstić information content (AvgIpc) is 2.52. The van der Waals surface area contributed by atoms with Gasteiger partial charge in [0.2, 0.25) is 0 Å². The van der Waals surface area contributed by atoms with Crippen LogP contribution in [0.15, 0.2) is 5.16 Å². The molecule has 13 heavy (non-hydrogen) atoms. The summed E-state index contributed by atoms with van der Waals surface area (Å²) in [5.74, 6) is -0.0976. The lowest BCUT2D eigenvalue weighted by Crippen LogP contribution is -2.15. The van der Waals surface area contributed by atoms with Gasteiger partial charge in [0.05, 0.1) is 18.7 Å². The number of esters is 1. The summed E-state index contributed by atoms with van der Waals surface area (Å²) in [6.07, 6.45) is 3.09. The average molecular weight is 185 g/mol. The molecule has 74 valence electrons. The van der Waals surface area contributed by atoms with Crippen molar-refractivity contribution in [2.45, 2.75) is 32.6 Å². The van der Waals surface area contributed by atoms with Crippen LogP contribution in [-0.2, 0) is 9.53 Å². The third-order valence-corrected chi connectivity index (χ3v) is 2.30. The maximum absolute atomic E-state index is 11.1. The lowest BCUT2D eigenvalue weighted by molar-refractivity contribution is -0.143. The van der Waals surface area contributed by atoms with Crippen molar-refractivity contribution in [1.29, 1.82) is 0 Å². The van der Waals surface area contributed by atoms with Crippen molar-refractivity contribution in [3.8, 4) is 0 Å². The van der Waals surface area contributed by atoms with Crippen LogP contribution in [0.2, 0.25) is 0 Å². The molecular formula is C9H15NO3. The summed E-state index contributed by atoms with van der Waals surface area (Å²) < 4.78 is 4.82. The summed E-state index contributed by atoms with van der Waals surface area (Å²) in [6, 6.07) is 0. The Morgan fingerprint density at radius 1 is 1.77 bits per heavy atom. The van der Waals surface area contributed by atoms with Gasteiger partial charge < -0.3 is 9.94 Å². The summed E-state index contributed by atoms with van der Waals surface area (Å²) in [4.78, 5) is 11.1. The molecule has 1 fully saturated rings. The van der Waals surface area contributed by atoms with Crippen molar-refractivity contribution in [2.24, 2.45) is 11.1 Å². The van der Waals surface area contributed by atoms with Crippen molar-refractivity contribution in [2.75, 3.05) is 6.61 Å². The molecule has 1 saturated carbocycles. The standard InChI is InChI=1S/C9H15NO3/c1-2-13-9(11)6-7-4-3-5-8(7)10-12/h7,12H,2-6H2,1H3. The number of hydrogen-bond acceptors (Lipinski definition) is 4. The second-order valence-electron chi connectivity index (χ2n) is 3.19. The fourth-order valence-electron chi connectivity index (χ4n) is 1.67. The Labute approximate surface area is 77.6 Å². The molecule has 0 aromatic heterocycles. The van der Waals surface area contributed by atoms with Crippen molar-refractivity contribution in [3.63, 3.8) is 0 Å². The molecule has 1 N–H and O–H groups in total. The summed E-state index contributed by atoms with van der Waals surface area (Å²) in [5.41, 5.74) is 0.744. The zero-order valence-electron chi connectivity index (χ0n) is 7.82. The maximum Gasteiger partial charge on any atom is 0.306 e. The van der Waals surface area contributed by atoms with Crippen LogP contribution < -0.4 is 0 Å². The number of oxime groups is 1. The first-order chi connectivity index (χ1) is 6.27. The lowest BCUT2D eigenvalue weighted by Gasteiger charge is -2.08. The van der Waals surface area contributed by atoms with Crippen LogP contribution >= 0.6 is 0 Å². The van der Waals surface area contributed by atoms with Crippen molar-refractivity contribution >= 4 is 11.7 Å². The van der Waals surface area contributed by atoms with Crippen LogP contribution in [0.5, 0.6) is 0 Å². The Balaban J connectivity index is 2.40. The van der Waals surface area contributed by atoms with Gasteiger partial charge in [-0.05, 0) is 26.2 Å². The molecule has 0 amide bonds. The first-order valence-electron chi connectivity index (χ1n) is 4.64. The second-order valence-corrected chi connectivity index (χ2v) is 3.19. The molecule has 1 aliphatic rings. The highest BCUT2D eigenvalue weighted by Gasteiger charge is 2.25. The zero-order chi connectivity index (χ0) is 9.68. The minimum Gasteiger partial charge on any atom is -0.466 e. The molecule has 4 heteroatoms. The van der Waals surface area contributed by atoms with Crippen molar-refractivity contribution < 1.29 is 14.7 Å². The molecule has 0 radical (unpaired) electrons. The molecular weight excluding hydrogens is 170 g/mol. The molecule has 1 atom stereocenters. The first kappa shape index (κ1) is 10.0. The predicted molar refractivity (Wildman–Crippen MR) is 47.8 cm³/mol. The third kappa shape index (κ3) is 2.72. The zero-order valence-corrected chi connectivity index (χ0v) is 7.82. The molecule has 0 aromatic carbocycles. The van der Waals surface area contributed by atoms with Crippen molar-refractivity contribution in [3.05, 3.63) is 0 Å². The van der Waals surface area contributed by atoms with Crippen LogP contribution in [0, 0.1) is 5.92 Å². The Morgan fingerprint density at radius 3 is 3.15 bits per heavy atom. The Morgan fingerprint density at radius 2 is 2.54 bits per heavy atom. The number of nitrogens with zero attached hydrogens (tertiary/aromatic N) is 1. The smallest absolute Gasteiger partial charge is 0.306 e. The predicted octanol–water partition coefficient (Wildman–Crippen LogP) is 1.57. The molecule has 1 unspecified atom stereocenters. The van der Waals surface area contributed by atoms with Gasteiger partial charge in [-0.1, -0.05) is 5.16 Å². The Bertz CT molecular complexity index is 213. The number of hydrogen-bond donors (Lipinski definition) is 1. The monoisotopic (exact) mass is 185 g/mol. The van der Waals surface area contributed by atoms with Crippen molar-refractivity contribution in [1.82, 2.24) is 0 Å². The van der Waals surface area contributed by atoms with Crippen LogP contribution in [0.4, 0.5) is 0 Å². The van der Waals surface area contributed by atoms with Gasteiger partial charge in [0, 0.05) is 5.92 Å². The van der Waals surface area contributed by atoms with E-state index in [2.05, 4.69) is 5.16 Å². The maximum atomic E-state index is 11.1. The lowest BCUT2D eigenvalue weighted by atomic mass is 10.0. The van der Waals surface area contributed by atoms with Crippen LogP contribution in [0.25, 0.3) is 0 Å². The number of ether oxygens (including phenoxy) is 1. The fourth-order valence-corrected chi connectivity index (χ4v) is 1.67. The van der Waals surface area contributed by atoms with E-state index in [-0.39, 0.29) is 11.9 Å². The van der Waals surface area contributed by atoms with Crippen LogP contribution in [-0.4, -0.2) is 23.5 Å². The SMILES string of the molecule is CCOC(=O)CC1CCCC1=NO.